The highest BCUT2D eigenvalue weighted by molar-refractivity contribution is 5.76. The molecule has 0 N–H and O–H groups in total. The standard InChI is InChI=1S/C31H34O4/c1-17-15-24-26(19(3)28(17)34-21(5)32)30(7,8)27-20(4)29(35-22(6)33)18(2)16-25(27)31(24,9)23-13-11-10-12-14-23/h10-16H,1-9H3. The molecule has 0 spiro atoms. The van der Waals surface area contributed by atoms with E-state index in [2.05, 4.69) is 57.2 Å². The zero-order valence-corrected chi connectivity index (χ0v) is 22.2. The number of carbonyl (C=O) groups excluding carboxylic acids is 2. The summed E-state index contributed by atoms with van der Waals surface area (Å²) in [6, 6.07) is 14.9. The fourth-order valence-corrected chi connectivity index (χ4v) is 6.28. The van der Waals surface area contributed by atoms with E-state index >= 15 is 0 Å². The van der Waals surface area contributed by atoms with E-state index in [1.165, 1.54) is 30.5 Å². The van der Waals surface area contributed by atoms with Crippen molar-refractivity contribution in [2.75, 3.05) is 0 Å². The van der Waals surface area contributed by atoms with Gasteiger partial charge in [0, 0.05) is 24.7 Å². The molecule has 1 aliphatic rings. The van der Waals surface area contributed by atoms with Gasteiger partial charge in [0.25, 0.3) is 0 Å². The summed E-state index contributed by atoms with van der Waals surface area (Å²) in [5.41, 5.74) is 8.75. The van der Waals surface area contributed by atoms with Crippen LogP contribution in [0, 0.1) is 27.7 Å². The number of fused-ring (bicyclic) bond motifs is 2. The van der Waals surface area contributed by atoms with Crippen LogP contribution < -0.4 is 9.47 Å². The zero-order chi connectivity index (χ0) is 25.9. The van der Waals surface area contributed by atoms with Crippen LogP contribution in [0.1, 0.15) is 84.7 Å². The molecule has 182 valence electrons. The smallest absolute Gasteiger partial charge is 0.308 e. The predicted molar refractivity (Wildman–Crippen MR) is 139 cm³/mol. The van der Waals surface area contributed by atoms with Gasteiger partial charge < -0.3 is 9.47 Å². The second-order valence-corrected chi connectivity index (χ2v) is 10.4. The van der Waals surface area contributed by atoms with Crippen molar-refractivity contribution >= 4 is 11.9 Å². The lowest BCUT2D eigenvalue weighted by atomic mass is 9.55. The summed E-state index contributed by atoms with van der Waals surface area (Å²) in [6.45, 7) is 17.6. The zero-order valence-electron chi connectivity index (χ0n) is 22.2. The highest BCUT2D eigenvalue weighted by Gasteiger charge is 2.48. The minimum absolute atomic E-state index is 0.333. The molecule has 0 saturated heterocycles. The van der Waals surface area contributed by atoms with Crippen molar-refractivity contribution in [2.24, 2.45) is 0 Å². The molecule has 0 aromatic heterocycles. The van der Waals surface area contributed by atoms with E-state index in [0.717, 1.165) is 33.4 Å². The minimum Gasteiger partial charge on any atom is -0.426 e. The van der Waals surface area contributed by atoms with Crippen LogP contribution in [0.3, 0.4) is 0 Å². The number of hydrogen-bond donors (Lipinski definition) is 0. The lowest BCUT2D eigenvalue weighted by Gasteiger charge is -2.48. The molecule has 0 radical (unpaired) electrons. The Morgan fingerprint density at radius 1 is 0.686 bits per heavy atom. The molecule has 0 aliphatic heterocycles. The third-order valence-corrected chi connectivity index (χ3v) is 7.58. The number of aryl methyl sites for hydroxylation is 2. The first-order valence-corrected chi connectivity index (χ1v) is 12.0. The van der Waals surface area contributed by atoms with Gasteiger partial charge in [-0.2, -0.15) is 0 Å². The van der Waals surface area contributed by atoms with Gasteiger partial charge in [-0.1, -0.05) is 56.3 Å². The summed E-state index contributed by atoms with van der Waals surface area (Å²) in [5.74, 6) is 0.571. The Kier molecular flexibility index (Phi) is 5.91. The molecule has 0 unspecified atom stereocenters. The Labute approximate surface area is 208 Å². The average Bonchev–Trinajstić information content (AvgIpc) is 2.77. The maximum absolute atomic E-state index is 12.0. The summed E-state index contributed by atoms with van der Waals surface area (Å²) in [6.07, 6.45) is 0. The molecule has 4 nitrogen and oxygen atoms in total. The van der Waals surface area contributed by atoms with Crippen LogP contribution in [-0.4, -0.2) is 11.9 Å². The van der Waals surface area contributed by atoms with Gasteiger partial charge in [0.05, 0.1) is 0 Å². The van der Waals surface area contributed by atoms with Crippen LogP contribution in [0.25, 0.3) is 0 Å². The maximum atomic E-state index is 12.0. The summed E-state index contributed by atoms with van der Waals surface area (Å²) >= 11 is 0. The quantitative estimate of drug-likeness (QED) is 0.313. The summed E-state index contributed by atoms with van der Waals surface area (Å²) < 4.78 is 11.4. The summed E-state index contributed by atoms with van der Waals surface area (Å²) in [7, 11) is 0. The number of esters is 2. The van der Waals surface area contributed by atoms with Gasteiger partial charge in [0.2, 0.25) is 0 Å². The third-order valence-electron chi connectivity index (χ3n) is 7.58. The monoisotopic (exact) mass is 470 g/mol. The Morgan fingerprint density at radius 3 is 1.46 bits per heavy atom. The molecule has 35 heavy (non-hydrogen) atoms. The summed E-state index contributed by atoms with van der Waals surface area (Å²) in [4.78, 5) is 23.9. The normalized spacial score (nSPS) is 15.1. The van der Waals surface area contributed by atoms with Crippen molar-refractivity contribution in [3.8, 4) is 11.5 Å². The Hall–Kier alpha value is -3.40. The molecular weight excluding hydrogens is 436 g/mol. The van der Waals surface area contributed by atoms with Gasteiger partial charge in [-0.25, -0.2) is 0 Å². The molecule has 0 saturated carbocycles. The van der Waals surface area contributed by atoms with E-state index in [9.17, 15) is 9.59 Å². The van der Waals surface area contributed by atoms with E-state index in [4.69, 9.17) is 9.47 Å². The van der Waals surface area contributed by atoms with E-state index < -0.39 is 10.8 Å². The molecule has 1 aliphatic carbocycles. The second kappa shape index (κ2) is 8.37. The van der Waals surface area contributed by atoms with Crippen LogP contribution in [-0.2, 0) is 20.4 Å². The molecule has 0 bridgehead atoms. The number of ether oxygens (including phenoxy) is 2. The van der Waals surface area contributed by atoms with Crippen molar-refractivity contribution in [1.82, 2.24) is 0 Å². The van der Waals surface area contributed by atoms with Gasteiger partial charge >= 0.3 is 11.9 Å². The average molecular weight is 471 g/mol. The molecule has 3 aromatic carbocycles. The minimum atomic E-state index is -0.462. The largest absolute Gasteiger partial charge is 0.426 e. The lowest BCUT2D eigenvalue weighted by Crippen LogP contribution is -2.41. The predicted octanol–water partition coefficient (Wildman–Crippen LogP) is 6.76. The summed E-state index contributed by atoms with van der Waals surface area (Å²) in [5, 5.41) is 0. The van der Waals surface area contributed by atoms with Crippen LogP contribution in [0.5, 0.6) is 11.5 Å². The fraction of sp³-hybridized carbons (Fsp3) is 0.355. The van der Waals surface area contributed by atoms with Crippen LogP contribution in [0.2, 0.25) is 0 Å². The first-order valence-electron chi connectivity index (χ1n) is 12.0. The molecule has 0 fully saturated rings. The van der Waals surface area contributed by atoms with Crippen molar-refractivity contribution in [1.29, 1.82) is 0 Å². The molecule has 0 atom stereocenters. The van der Waals surface area contributed by atoms with Crippen LogP contribution >= 0.6 is 0 Å². The number of carbonyl (C=O) groups is 2. The lowest BCUT2D eigenvalue weighted by molar-refractivity contribution is -0.132. The van der Waals surface area contributed by atoms with E-state index in [0.29, 0.717) is 11.5 Å². The van der Waals surface area contributed by atoms with Gasteiger partial charge in [-0.3, -0.25) is 9.59 Å². The highest BCUT2D eigenvalue weighted by Crippen LogP contribution is 2.57. The van der Waals surface area contributed by atoms with Crippen molar-refractivity contribution in [3.63, 3.8) is 0 Å². The van der Waals surface area contributed by atoms with Crippen molar-refractivity contribution in [2.45, 2.75) is 73.1 Å². The van der Waals surface area contributed by atoms with E-state index in [1.807, 2.05) is 33.8 Å². The molecule has 0 amide bonds. The molecule has 4 rings (SSSR count). The Morgan fingerprint density at radius 2 is 1.09 bits per heavy atom. The number of benzene rings is 3. The first kappa shape index (κ1) is 24.7. The van der Waals surface area contributed by atoms with Crippen LogP contribution in [0.15, 0.2) is 42.5 Å². The Bertz CT molecular complexity index is 1280. The van der Waals surface area contributed by atoms with Crippen LogP contribution in [0.4, 0.5) is 0 Å². The highest BCUT2D eigenvalue weighted by atomic mass is 16.5. The second-order valence-electron chi connectivity index (χ2n) is 10.4. The van der Waals surface area contributed by atoms with Gasteiger partial charge in [-0.05, 0) is 84.7 Å². The molecule has 4 heteroatoms. The SMILES string of the molecule is CC(=O)Oc1c(C)cc2c(c1C)C(C)(C)c1c(cc(C)c(OC(C)=O)c1C)C2(C)c1ccccc1. The molecule has 3 aromatic rings. The van der Waals surface area contributed by atoms with Gasteiger partial charge in [-0.15, -0.1) is 0 Å². The van der Waals surface area contributed by atoms with E-state index in [-0.39, 0.29) is 11.9 Å². The molecular formula is C31H34O4. The van der Waals surface area contributed by atoms with E-state index in [1.54, 1.807) is 0 Å². The molecule has 0 heterocycles. The van der Waals surface area contributed by atoms with Gasteiger partial charge in [0.1, 0.15) is 11.5 Å². The maximum Gasteiger partial charge on any atom is 0.308 e. The van der Waals surface area contributed by atoms with Crippen molar-refractivity contribution < 1.29 is 19.1 Å². The topological polar surface area (TPSA) is 52.6 Å². The van der Waals surface area contributed by atoms with Gasteiger partial charge in [0.15, 0.2) is 0 Å². The fourth-order valence-electron chi connectivity index (χ4n) is 6.28. The first-order chi connectivity index (χ1) is 16.3. The Balaban J connectivity index is 2.20. The number of rotatable bonds is 3. The number of hydrogen-bond acceptors (Lipinski definition) is 4. The van der Waals surface area contributed by atoms with Crippen molar-refractivity contribution in [3.05, 3.63) is 92.5 Å². The third kappa shape index (κ3) is 3.67.